The van der Waals surface area contributed by atoms with E-state index < -0.39 is 0 Å². The van der Waals surface area contributed by atoms with Gasteiger partial charge in [0.05, 0.1) is 5.75 Å². The second-order valence-electron chi connectivity index (χ2n) is 5.79. The highest BCUT2D eigenvalue weighted by Crippen LogP contribution is 2.19. The number of thioether (sulfide) groups is 1. The molecule has 0 bridgehead atoms. The molecule has 1 aromatic rings. The van der Waals surface area contributed by atoms with Gasteiger partial charge in [0.1, 0.15) is 0 Å². The molecule has 22 heavy (non-hydrogen) atoms. The number of hydrogen-bond donors (Lipinski definition) is 0. The predicted molar refractivity (Wildman–Crippen MR) is 95.5 cm³/mol. The SMILES string of the molecule is CCN1CCC(N(C)C(=O)CSCc2cccc(Cl)c2)CC1. The molecule has 0 spiro atoms. The number of benzene rings is 1. The summed E-state index contributed by atoms with van der Waals surface area (Å²) in [5.74, 6) is 1.60. The molecule has 2 rings (SSSR count). The summed E-state index contributed by atoms with van der Waals surface area (Å²) < 4.78 is 0. The van der Waals surface area contributed by atoms with Crippen LogP contribution < -0.4 is 0 Å². The van der Waals surface area contributed by atoms with Crippen molar-refractivity contribution in [1.82, 2.24) is 9.80 Å². The molecule has 1 aromatic carbocycles. The van der Waals surface area contributed by atoms with Gasteiger partial charge in [-0.05, 0) is 37.1 Å². The van der Waals surface area contributed by atoms with Gasteiger partial charge >= 0.3 is 0 Å². The summed E-state index contributed by atoms with van der Waals surface area (Å²) >= 11 is 7.63. The maximum absolute atomic E-state index is 12.3. The van der Waals surface area contributed by atoms with Crippen LogP contribution in [0.3, 0.4) is 0 Å². The first-order valence-electron chi connectivity index (χ1n) is 7.90. The minimum absolute atomic E-state index is 0.238. The zero-order valence-corrected chi connectivity index (χ0v) is 15.0. The number of nitrogens with zero attached hydrogens (tertiary/aromatic N) is 2. The van der Waals surface area contributed by atoms with Crippen LogP contribution in [0, 0.1) is 0 Å². The summed E-state index contributed by atoms with van der Waals surface area (Å²) in [6.07, 6.45) is 2.18. The number of carbonyl (C=O) groups excluding carboxylic acids is 1. The van der Waals surface area contributed by atoms with E-state index in [1.165, 1.54) is 5.56 Å². The molecule has 3 nitrogen and oxygen atoms in total. The van der Waals surface area contributed by atoms with Gasteiger partial charge in [-0.3, -0.25) is 4.79 Å². The number of likely N-dealkylation sites (tertiary alicyclic amines) is 1. The average molecular weight is 341 g/mol. The molecule has 5 heteroatoms. The first-order valence-corrected chi connectivity index (χ1v) is 9.43. The fourth-order valence-corrected chi connectivity index (χ4v) is 3.92. The van der Waals surface area contributed by atoms with Gasteiger partial charge in [0.15, 0.2) is 0 Å². The number of hydrogen-bond acceptors (Lipinski definition) is 3. The lowest BCUT2D eigenvalue weighted by atomic mass is 10.0. The monoisotopic (exact) mass is 340 g/mol. The van der Waals surface area contributed by atoms with Crippen LogP contribution in [0.4, 0.5) is 0 Å². The van der Waals surface area contributed by atoms with Crippen LogP contribution in [0.5, 0.6) is 0 Å². The van der Waals surface area contributed by atoms with E-state index in [1.54, 1.807) is 11.8 Å². The summed E-state index contributed by atoms with van der Waals surface area (Å²) in [5.41, 5.74) is 1.17. The summed E-state index contributed by atoms with van der Waals surface area (Å²) in [5, 5.41) is 0.754. The lowest BCUT2D eigenvalue weighted by molar-refractivity contribution is -0.129. The Balaban J connectivity index is 1.72. The largest absolute Gasteiger partial charge is 0.342 e. The minimum Gasteiger partial charge on any atom is -0.342 e. The van der Waals surface area contributed by atoms with Crippen LogP contribution in [0.15, 0.2) is 24.3 Å². The molecule has 0 N–H and O–H groups in total. The molecular formula is C17H25ClN2OS. The van der Waals surface area contributed by atoms with Crippen LogP contribution in [0.1, 0.15) is 25.3 Å². The van der Waals surface area contributed by atoms with Crippen molar-refractivity contribution in [3.8, 4) is 0 Å². The lowest BCUT2D eigenvalue weighted by Gasteiger charge is -2.36. The normalized spacial score (nSPS) is 16.7. The fourth-order valence-electron chi connectivity index (χ4n) is 2.81. The van der Waals surface area contributed by atoms with Gasteiger partial charge < -0.3 is 9.80 Å². The van der Waals surface area contributed by atoms with E-state index in [1.807, 2.05) is 36.2 Å². The van der Waals surface area contributed by atoms with E-state index in [4.69, 9.17) is 11.6 Å². The molecule has 0 unspecified atom stereocenters. The Morgan fingerprint density at radius 2 is 2.14 bits per heavy atom. The van der Waals surface area contributed by atoms with E-state index >= 15 is 0 Å². The molecule has 1 saturated heterocycles. The van der Waals surface area contributed by atoms with E-state index in [0.29, 0.717) is 11.8 Å². The fraction of sp³-hybridized carbons (Fsp3) is 0.588. The second-order valence-corrected chi connectivity index (χ2v) is 7.21. The Labute approximate surface area is 143 Å². The Hall–Kier alpha value is -0.710. The zero-order valence-electron chi connectivity index (χ0n) is 13.4. The molecule has 1 aliphatic rings. The smallest absolute Gasteiger partial charge is 0.232 e. The van der Waals surface area contributed by atoms with Crippen LogP contribution >= 0.6 is 23.4 Å². The lowest BCUT2D eigenvalue weighted by Crippen LogP contribution is -2.46. The van der Waals surface area contributed by atoms with Crippen molar-refractivity contribution in [2.45, 2.75) is 31.6 Å². The van der Waals surface area contributed by atoms with Crippen molar-refractivity contribution in [3.63, 3.8) is 0 Å². The Bertz CT molecular complexity index is 489. The first kappa shape index (κ1) is 17.6. The molecule has 1 heterocycles. The highest BCUT2D eigenvalue weighted by molar-refractivity contribution is 7.99. The number of halogens is 1. The molecule has 122 valence electrons. The van der Waals surface area contributed by atoms with Gasteiger partial charge in [-0.2, -0.15) is 0 Å². The minimum atomic E-state index is 0.238. The van der Waals surface area contributed by atoms with Crippen LogP contribution in [0.2, 0.25) is 5.02 Å². The maximum atomic E-state index is 12.3. The molecule has 1 amide bonds. The van der Waals surface area contributed by atoms with Gasteiger partial charge in [-0.15, -0.1) is 11.8 Å². The maximum Gasteiger partial charge on any atom is 0.232 e. The molecule has 0 aliphatic carbocycles. The van der Waals surface area contributed by atoms with E-state index in [0.717, 1.165) is 43.3 Å². The second kappa shape index (κ2) is 8.80. The van der Waals surface area contributed by atoms with Crippen molar-refractivity contribution in [2.75, 3.05) is 32.4 Å². The Morgan fingerprint density at radius 3 is 2.77 bits per heavy atom. The summed E-state index contributed by atoms with van der Waals surface area (Å²) in [6, 6.07) is 8.24. The molecule has 1 fully saturated rings. The molecular weight excluding hydrogens is 316 g/mol. The van der Waals surface area contributed by atoms with Crippen LogP contribution in [-0.2, 0) is 10.5 Å². The topological polar surface area (TPSA) is 23.6 Å². The van der Waals surface area contributed by atoms with E-state index in [9.17, 15) is 4.79 Å². The first-order chi connectivity index (χ1) is 10.6. The summed E-state index contributed by atoms with van der Waals surface area (Å²) in [6.45, 7) is 5.52. The molecule has 0 aromatic heterocycles. The molecule has 0 radical (unpaired) electrons. The third-order valence-electron chi connectivity index (χ3n) is 4.33. The Kier molecular flexibility index (Phi) is 7.06. The number of rotatable bonds is 6. The van der Waals surface area contributed by atoms with E-state index in [-0.39, 0.29) is 5.91 Å². The van der Waals surface area contributed by atoms with Crippen LogP contribution in [0.25, 0.3) is 0 Å². The van der Waals surface area contributed by atoms with Crippen molar-refractivity contribution >= 4 is 29.3 Å². The number of carbonyl (C=O) groups is 1. The zero-order chi connectivity index (χ0) is 15.9. The quantitative estimate of drug-likeness (QED) is 0.791. The highest BCUT2D eigenvalue weighted by Gasteiger charge is 2.24. The third-order valence-corrected chi connectivity index (χ3v) is 5.55. The molecule has 0 atom stereocenters. The predicted octanol–water partition coefficient (Wildman–Crippen LogP) is 3.52. The number of piperidine rings is 1. The van der Waals surface area contributed by atoms with Gasteiger partial charge in [0.25, 0.3) is 0 Å². The van der Waals surface area contributed by atoms with Gasteiger partial charge in [-0.25, -0.2) is 0 Å². The standard InChI is InChI=1S/C17H25ClN2OS/c1-3-20-9-7-16(8-10-20)19(2)17(21)13-22-12-14-5-4-6-15(18)11-14/h4-6,11,16H,3,7-10,12-13H2,1-2H3. The van der Waals surface area contributed by atoms with E-state index in [2.05, 4.69) is 11.8 Å². The van der Waals surface area contributed by atoms with Crippen molar-refractivity contribution in [3.05, 3.63) is 34.9 Å². The van der Waals surface area contributed by atoms with Crippen molar-refractivity contribution in [2.24, 2.45) is 0 Å². The van der Waals surface area contributed by atoms with Gasteiger partial charge in [0.2, 0.25) is 5.91 Å². The average Bonchev–Trinajstić information content (AvgIpc) is 2.54. The van der Waals surface area contributed by atoms with Gasteiger partial charge in [-0.1, -0.05) is 30.7 Å². The summed E-state index contributed by atoms with van der Waals surface area (Å²) in [4.78, 5) is 16.7. The summed E-state index contributed by atoms with van der Waals surface area (Å²) in [7, 11) is 1.95. The molecule has 0 saturated carbocycles. The Morgan fingerprint density at radius 1 is 1.41 bits per heavy atom. The highest BCUT2D eigenvalue weighted by atomic mass is 35.5. The van der Waals surface area contributed by atoms with Gasteiger partial charge in [0, 0.05) is 37.0 Å². The number of amides is 1. The van der Waals surface area contributed by atoms with Crippen LogP contribution in [-0.4, -0.2) is 54.2 Å². The van der Waals surface area contributed by atoms with Crippen molar-refractivity contribution in [1.29, 1.82) is 0 Å². The molecule has 1 aliphatic heterocycles. The third kappa shape index (κ3) is 5.18. The van der Waals surface area contributed by atoms with Crippen molar-refractivity contribution < 1.29 is 4.79 Å².